The van der Waals surface area contributed by atoms with E-state index < -0.39 is 0 Å². The molecule has 0 spiro atoms. The summed E-state index contributed by atoms with van der Waals surface area (Å²) in [5, 5.41) is 4.03. The summed E-state index contributed by atoms with van der Waals surface area (Å²) in [7, 11) is 0. The maximum Gasteiger partial charge on any atom is 0.138 e. The van der Waals surface area contributed by atoms with Crippen LogP contribution >= 0.6 is 11.6 Å². The highest BCUT2D eigenvalue weighted by Crippen LogP contribution is 2.21. The first-order chi connectivity index (χ1) is 8.66. The van der Waals surface area contributed by atoms with Gasteiger partial charge in [-0.05, 0) is 24.6 Å². The van der Waals surface area contributed by atoms with Crippen LogP contribution in [0, 0.1) is 0 Å². The second-order valence-corrected chi connectivity index (χ2v) is 5.20. The number of piperazine rings is 1. The van der Waals surface area contributed by atoms with E-state index in [0.29, 0.717) is 5.02 Å². The van der Waals surface area contributed by atoms with Crippen molar-refractivity contribution < 1.29 is 4.79 Å². The van der Waals surface area contributed by atoms with Gasteiger partial charge in [-0.1, -0.05) is 23.7 Å². The first kappa shape index (κ1) is 13.5. The van der Waals surface area contributed by atoms with Crippen molar-refractivity contribution in [2.45, 2.75) is 12.8 Å². The van der Waals surface area contributed by atoms with Crippen molar-refractivity contribution in [3.8, 4) is 0 Å². The molecular weight excluding hydrogens is 248 g/mol. The third kappa shape index (κ3) is 3.55. The molecule has 4 heteroatoms. The van der Waals surface area contributed by atoms with Crippen LogP contribution in [0.5, 0.6) is 0 Å². The molecule has 0 saturated carbocycles. The Hall–Kier alpha value is -0.900. The first-order valence-electron chi connectivity index (χ1n) is 6.36. The monoisotopic (exact) mass is 266 g/mol. The second kappa shape index (κ2) is 6.32. The van der Waals surface area contributed by atoms with E-state index in [4.69, 9.17) is 11.6 Å². The molecule has 1 aromatic carbocycles. The number of carbonyl (C=O) groups is 1. The lowest BCUT2D eigenvalue weighted by Crippen LogP contribution is -2.45. The van der Waals surface area contributed by atoms with Gasteiger partial charge in [-0.25, -0.2) is 0 Å². The number of nitrogens with zero attached hydrogens (tertiary/aromatic N) is 1. The lowest BCUT2D eigenvalue weighted by atomic mass is 9.94. The number of carbonyl (C=O) groups excluding carboxylic acids is 1. The second-order valence-electron chi connectivity index (χ2n) is 4.77. The van der Waals surface area contributed by atoms with Crippen LogP contribution in [0.3, 0.4) is 0 Å². The van der Waals surface area contributed by atoms with Crippen molar-refractivity contribution in [3.63, 3.8) is 0 Å². The van der Waals surface area contributed by atoms with Gasteiger partial charge in [0, 0.05) is 37.7 Å². The minimum absolute atomic E-state index is 0.0413. The summed E-state index contributed by atoms with van der Waals surface area (Å²) in [6, 6.07) is 7.61. The first-order valence-corrected chi connectivity index (χ1v) is 6.73. The van der Waals surface area contributed by atoms with Gasteiger partial charge >= 0.3 is 0 Å². The van der Waals surface area contributed by atoms with Crippen molar-refractivity contribution in [2.24, 2.45) is 0 Å². The number of halogens is 1. The number of hydrogen-bond acceptors (Lipinski definition) is 3. The SMILES string of the molecule is CC(=O)[C@H](CN1CCNCC1)c1ccc(Cl)cc1. The standard InChI is InChI=1S/C14H19ClN2O/c1-11(18)14(10-17-8-6-16-7-9-17)12-2-4-13(15)5-3-12/h2-5,14,16H,6-10H2,1H3/t14-/m0/s1. The fourth-order valence-corrected chi connectivity index (χ4v) is 2.44. The van der Waals surface area contributed by atoms with Crippen LogP contribution in [0.2, 0.25) is 5.02 Å². The van der Waals surface area contributed by atoms with Crippen LogP contribution in [0.15, 0.2) is 24.3 Å². The highest BCUT2D eigenvalue weighted by Gasteiger charge is 2.21. The largest absolute Gasteiger partial charge is 0.314 e. The van der Waals surface area contributed by atoms with E-state index in [1.807, 2.05) is 24.3 Å². The zero-order valence-electron chi connectivity index (χ0n) is 10.7. The smallest absolute Gasteiger partial charge is 0.138 e. The molecule has 3 nitrogen and oxygen atoms in total. The molecule has 1 heterocycles. The van der Waals surface area contributed by atoms with Gasteiger partial charge in [-0.3, -0.25) is 9.69 Å². The van der Waals surface area contributed by atoms with Crippen LogP contribution in [0.1, 0.15) is 18.4 Å². The Bertz CT molecular complexity index is 399. The van der Waals surface area contributed by atoms with Crippen molar-refractivity contribution in [1.29, 1.82) is 0 Å². The number of benzene rings is 1. The molecule has 0 radical (unpaired) electrons. The lowest BCUT2D eigenvalue weighted by Gasteiger charge is -2.30. The number of hydrogen-bond donors (Lipinski definition) is 1. The van der Waals surface area contributed by atoms with Crippen molar-refractivity contribution in [2.75, 3.05) is 32.7 Å². The molecular formula is C14H19ClN2O. The zero-order valence-corrected chi connectivity index (χ0v) is 11.4. The predicted octanol–water partition coefficient (Wildman–Crippen LogP) is 1.92. The number of ketones is 1. The Balaban J connectivity index is 2.07. The van der Waals surface area contributed by atoms with E-state index in [0.717, 1.165) is 38.3 Å². The third-order valence-electron chi connectivity index (χ3n) is 3.41. The van der Waals surface area contributed by atoms with E-state index >= 15 is 0 Å². The zero-order chi connectivity index (χ0) is 13.0. The van der Waals surface area contributed by atoms with E-state index in [-0.39, 0.29) is 11.7 Å². The summed E-state index contributed by atoms with van der Waals surface area (Å²) in [5.74, 6) is 0.177. The summed E-state index contributed by atoms with van der Waals surface area (Å²) in [5.41, 5.74) is 1.06. The third-order valence-corrected chi connectivity index (χ3v) is 3.67. The van der Waals surface area contributed by atoms with Crippen LogP contribution in [0.4, 0.5) is 0 Å². The molecule has 1 aromatic rings. The molecule has 0 aromatic heterocycles. The topological polar surface area (TPSA) is 32.3 Å². The highest BCUT2D eigenvalue weighted by atomic mass is 35.5. The maximum absolute atomic E-state index is 11.8. The molecule has 1 saturated heterocycles. The highest BCUT2D eigenvalue weighted by molar-refractivity contribution is 6.30. The van der Waals surface area contributed by atoms with Crippen molar-refractivity contribution in [3.05, 3.63) is 34.9 Å². The van der Waals surface area contributed by atoms with E-state index in [1.165, 1.54) is 0 Å². The average Bonchev–Trinajstić information content (AvgIpc) is 2.38. The van der Waals surface area contributed by atoms with E-state index in [2.05, 4.69) is 10.2 Å². The van der Waals surface area contributed by atoms with Crippen molar-refractivity contribution >= 4 is 17.4 Å². The Labute approximate surface area is 113 Å². The van der Waals surface area contributed by atoms with Crippen LogP contribution in [0.25, 0.3) is 0 Å². The fraction of sp³-hybridized carbons (Fsp3) is 0.500. The molecule has 98 valence electrons. The Morgan fingerprint density at radius 3 is 2.50 bits per heavy atom. The van der Waals surface area contributed by atoms with Crippen LogP contribution in [-0.2, 0) is 4.79 Å². The number of rotatable bonds is 4. The molecule has 18 heavy (non-hydrogen) atoms. The van der Waals surface area contributed by atoms with Gasteiger partial charge in [0.2, 0.25) is 0 Å². The molecule has 0 aliphatic carbocycles. The molecule has 0 bridgehead atoms. The summed E-state index contributed by atoms with van der Waals surface area (Å²) < 4.78 is 0. The van der Waals surface area contributed by atoms with Gasteiger partial charge in [0.1, 0.15) is 5.78 Å². The van der Waals surface area contributed by atoms with Gasteiger partial charge in [0.25, 0.3) is 0 Å². The number of nitrogens with one attached hydrogen (secondary N) is 1. The molecule has 2 rings (SSSR count). The fourth-order valence-electron chi connectivity index (χ4n) is 2.32. The summed E-state index contributed by atoms with van der Waals surface area (Å²) in [4.78, 5) is 14.2. The van der Waals surface area contributed by atoms with Gasteiger partial charge < -0.3 is 5.32 Å². The molecule has 1 N–H and O–H groups in total. The summed E-state index contributed by atoms with van der Waals surface area (Å²) in [6.07, 6.45) is 0. The minimum atomic E-state index is -0.0413. The Morgan fingerprint density at radius 2 is 1.94 bits per heavy atom. The Kier molecular flexibility index (Phi) is 4.75. The molecule has 1 aliphatic rings. The number of Topliss-reactive ketones (excluding diaryl/α,β-unsaturated/α-hetero) is 1. The molecule has 1 fully saturated rings. The molecule has 0 amide bonds. The predicted molar refractivity (Wildman–Crippen MR) is 74.2 cm³/mol. The summed E-state index contributed by atoms with van der Waals surface area (Å²) in [6.45, 7) is 6.51. The average molecular weight is 267 g/mol. The van der Waals surface area contributed by atoms with Crippen LogP contribution in [-0.4, -0.2) is 43.4 Å². The lowest BCUT2D eigenvalue weighted by molar-refractivity contribution is -0.118. The summed E-state index contributed by atoms with van der Waals surface area (Å²) >= 11 is 5.88. The van der Waals surface area contributed by atoms with E-state index in [1.54, 1.807) is 6.92 Å². The van der Waals surface area contributed by atoms with E-state index in [9.17, 15) is 4.79 Å². The van der Waals surface area contributed by atoms with Gasteiger partial charge in [0.05, 0.1) is 5.92 Å². The van der Waals surface area contributed by atoms with Crippen molar-refractivity contribution in [1.82, 2.24) is 10.2 Å². The van der Waals surface area contributed by atoms with Gasteiger partial charge in [0.15, 0.2) is 0 Å². The van der Waals surface area contributed by atoms with Crippen LogP contribution < -0.4 is 5.32 Å². The quantitative estimate of drug-likeness (QED) is 0.904. The van der Waals surface area contributed by atoms with Gasteiger partial charge in [-0.15, -0.1) is 0 Å². The molecule has 1 atom stereocenters. The molecule has 0 unspecified atom stereocenters. The molecule has 1 aliphatic heterocycles. The minimum Gasteiger partial charge on any atom is -0.314 e. The normalized spacial score (nSPS) is 18.6. The maximum atomic E-state index is 11.8. The van der Waals surface area contributed by atoms with Gasteiger partial charge in [-0.2, -0.15) is 0 Å². The Morgan fingerprint density at radius 1 is 1.33 bits per heavy atom.